The maximum absolute atomic E-state index is 12.3. The highest BCUT2D eigenvalue weighted by Crippen LogP contribution is 2.30. The first-order valence-electron chi connectivity index (χ1n) is 10.9. The first-order chi connectivity index (χ1) is 15.4. The molecule has 1 aromatic carbocycles. The largest absolute Gasteiger partial charge is 0.390 e. The monoisotopic (exact) mass is 436 g/mol. The Morgan fingerprint density at radius 3 is 2.44 bits per heavy atom. The number of terminal acetylenes is 1. The zero-order valence-corrected chi connectivity index (χ0v) is 19.6. The van der Waals surface area contributed by atoms with E-state index >= 15 is 0 Å². The van der Waals surface area contributed by atoms with Crippen LogP contribution in [0, 0.1) is 12.8 Å². The zero-order chi connectivity index (χ0) is 24.3. The molecule has 0 spiro atoms. The molecule has 1 saturated heterocycles. The molecule has 2 aromatic rings. The van der Waals surface area contributed by atoms with Gasteiger partial charge in [-0.15, -0.1) is 12.8 Å². The fourth-order valence-corrected chi connectivity index (χ4v) is 3.56. The predicted molar refractivity (Wildman–Crippen MR) is 133 cm³/mol. The molecule has 4 N–H and O–H groups in total. The molecule has 6 nitrogen and oxygen atoms in total. The van der Waals surface area contributed by atoms with Crippen molar-refractivity contribution in [3.8, 4) is 24.0 Å². The molecule has 172 valence electrons. The number of pyridine rings is 1. The number of amides is 1. The number of carbonyl (C=O) groups is 1. The van der Waals surface area contributed by atoms with E-state index in [2.05, 4.69) is 72.7 Å². The molecule has 1 atom stereocenters. The molecule has 32 heavy (non-hydrogen) atoms. The summed E-state index contributed by atoms with van der Waals surface area (Å²) in [5.41, 5.74) is 9.47. The number of nitrogens with zero attached hydrogens (tertiary/aromatic N) is 2. The Hall–Kier alpha value is -3.14. The van der Waals surface area contributed by atoms with Crippen LogP contribution in [-0.4, -0.2) is 46.6 Å². The summed E-state index contributed by atoms with van der Waals surface area (Å²) in [7, 11) is 0. The Kier molecular flexibility index (Phi) is 11.2. The molecule has 0 radical (unpaired) electrons. The Balaban J connectivity index is 0.00000121. The number of carbonyl (C=O) groups excluding carboxylic acids is 1. The van der Waals surface area contributed by atoms with E-state index < -0.39 is 5.91 Å². The van der Waals surface area contributed by atoms with E-state index in [0.717, 1.165) is 24.2 Å². The van der Waals surface area contributed by atoms with Gasteiger partial charge in [0.25, 0.3) is 5.91 Å². The molecule has 0 saturated carbocycles. The van der Waals surface area contributed by atoms with Gasteiger partial charge in [0.05, 0.1) is 12.2 Å². The average Bonchev–Trinajstić information content (AvgIpc) is 3.33. The van der Waals surface area contributed by atoms with Gasteiger partial charge < -0.3 is 21.1 Å². The number of nitrogen functional groups attached to an aromatic ring is 1. The lowest BCUT2D eigenvalue weighted by atomic mass is 9.95. The number of hydrogen-bond donors (Lipinski definition) is 3. The van der Waals surface area contributed by atoms with E-state index in [1.165, 1.54) is 12.0 Å². The third kappa shape index (κ3) is 6.94. The number of aromatic nitrogens is 1. The first kappa shape index (κ1) is 26.9. The second-order valence-electron chi connectivity index (χ2n) is 7.57. The standard InChI is InChI=1S/C22H28N4O2.C2H6.C2H2/c1-14(2)26-9-8-18(12-26)16-4-6-17(7-5-16)19-10-20(21(23)24-11-19)22(28)25-15(3)13-27;2*1-2/h4-7,10-11,14,18,27H,3,8-9,12-13H2,1-2H3,(H2,23,24)(H,25,28);1-2H3;1-2H. The molecule has 1 aliphatic heterocycles. The number of anilines is 1. The lowest BCUT2D eigenvalue weighted by molar-refractivity contribution is 0.0961. The van der Waals surface area contributed by atoms with Gasteiger partial charge in [-0.2, -0.15) is 0 Å². The van der Waals surface area contributed by atoms with Crippen LogP contribution in [-0.2, 0) is 0 Å². The molecular formula is C26H36N4O2. The molecule has 0 aliphatic carbocycles. The Labute approximate surface area is 192 Å². The van der Waals surface area contributed by atoms with Gasteiger partial charge in [0, 0.05) is 30.0 Å². The zero-order valence-electron chi connectivity index (χ0n) is 19.6. The van der Waals surface area contributed by atoms with Crippen molar-refractivity contribution >= 4 is 11.7 Å². The quantitative estimate of drug-likeness (QED) is 0.595. The van der Waals surface area contributed by atoms with E-state index in [9.17, 15) is 4.79 Å². The molecule has 1 fully saturated rings. The van der Waals surface area contributed by atoms with Crippen molar-refractivity contribution in [2.75, 3.05) is 25.4 Å². The molecule has 6 heteroatoms. The molecule has 1 unspecified atom stereocenters. The normalized spacial score (nSPS) is 15.2. The topological polar surface area (TPSA) is 91.5 Å². The van der Waals surface area contributed by atoms with E-state index in [4.69, 9.17) is 10.8 Å². The van der Waals surface area contributed by atoms with Crippen LogP contribution in [0.5, 0.6) is 0 Å². The lowest BCUT2D eigenvalue weighted by Crippen LogP contribution is -2.27. The van der Waals surface area contributed by atoms with Crippen molar-refractivity contribution in [1.82, 2.24) is 15.2 Å². The van der Waals surface area contributed by atoms with Crippen molar-refractivity contribution in [3.63, 3.8) is 0 Å². The maximum atomic E-state index is 12.3. The minimum atomic E-state index is -0.428. The van der Waals surface area contributed by atoms with Crippen LogP contribution in [0.15, 0.2) is 48.8 Å². The summed E-state index contributed by atoms with van der Waals surface area (Å²) in [6.07, 6.45) is 10.8. The molecule has 1 aromatic heterocycles. The van der Waals surface area contributed by atoms with Gasteiger partial charge in [-0.1, -0.05) is 44.7 Å². The highest BCUT2D eigenvalue weighted by Gasteiger charge is 2.25. The Bertz CT molecular complexity index is 904. The molecule has 0 bridgehead atoms. The summed E-state index contributed by atoms with van der Waals surface area (Å²) >= 11 is 0. The number of benzene rings is 1. The SMILES string of the molecule is C#C.C=C(CO)NC(=O)c1cc(-c2ccc(C3CCN(C(C)C)C3)cc2)cnc1N.CC. The lowest BCUT2D eigenvalue weighted by Gasteiger charge is -2.20. The third-order valence-electron chi connectivity index (χ3n) is 5.31. The van der Waals surface area contributed by atoms with Crippen LogP contribution in [0.1, 0.15) is 56.0 Å². The van der Waals surface area contributed by atoms with Gasteiger partial charge in [-0.25, -0.2) is 4.98 Å². The smallest absolute Gasteiger partial charge is 0.259 e. The average molecular weight is 437 g/mol. The second kappa shape index (κ2) is 13.3. The van der Waals surface area contributed by atoms with E-state index in [-0.39, 0.29) is 23.7 Å². The predicted octanol–water partition coefficient (Wildman–Crippen LogP) is 4.04. The fourth-order valence-electron chi connectivity index (χ4n) is 3.56. The van der Waals surface area contributed by atoms with Gasteiger partial charge in [-0.05, 0) is 49.9 Å². The van der Waals surface area contributed by atoms with Gasteiger partial charge in [0.15, 0.2) is 0 Å². The van der Waals surface area contributed by atoms with Gasteiger partial charge in [0.1, 0.15) is 5.82 Å². The molecule has 3 rings (SSSR count). The Morgan fingerprint density at radius 2 is 1.91 bits per heavy atom. The first-order valence-corrected chi connectivity index (χ1v) is 10.9. The van der Waals surface area contributed by atoms with Crippen molar-refractivity contribution in [2.24, 2.45) is 0 Å². The number of aliphatic hydroxyl groups is 1. The molecule has 1 amide bonds. The van der Waals surface area contributed by atoms with E-state index in [0.29, 0.717) is 12.0 Å². The number of rotatable bonds is 6. The van der Waals surface area contributed by atoms with Crippen LogP contribution in [0.3, 0.4) is 0 Å². The van der Waals surface area contributed by atoms with Gasteiger partial charge in [-0.3, -0.25) is 4.79 Å². The number of likely N-dealkylation sites (tertiary alicyclic amines) is 1. The maximum Gasteiger partial charge on any atom is 0.259 e. The number of nitrogens with two attached hydrogens (primary N) is 1. The van der Waals surface area contributed by atoms with Crippen molar-refractivity contribution in [2.45, 2.75) is 46.1 Å². The number of aliphatic hydroxyl groups excluding tert-OH is 1. The number of hydrogen-bond acceptors (Lipinski definition) is 5. The van der Waals surface area contributed by atoms with Crippen molar-refractivity contribution < 1.29 is 9.90 Å². The minimum Gasteiger partial charge on any atom is -0.390 e. The summed E-state index contributed by atoms with van der Waals surface area (Å²) < 4.78 is 0. The number of nitrogens with one attached hydrogen (secondary N) is 1. The highest BCUT2D eigenvalue weighted by atomic mass is 16.3. The van der Waals surface area contributed by atoms with Crippen LogP contribution in [0.25, 0.3) is 11.1 Å². The summed E-state index contributed by atoms with van der Waals surface area (Å²) in [6.45, 7) is 14.0. The molecule has 1 aliphatic rings. The molecule has 2 heterocycles. The summed E-state index contributed by atoms with van der Waals surface area (Å²) in [6, 6.07) is 10.7. The van der Waals surface area contributed by atoms with Crippen LogP contribution < -0.4 is 11.1 Å². The van der Waals surface area contributed by atoms with E-state index in [1.807, 2.05) is 13.8 Å². The van der Waals surface area contributed by atoms with Gasteiger partial charge in [0.2, 0.25) is 0 Å². The van der Waals surface area contributed by atoms with Crippen molar-refractivity contribution in [3.05, 3.63) is 59.9 Å². The highest BCUT2D eigenvalue weighted by molar-refractivity contribution is 6.00. The van der Waals surface area contributed by atoms with Crippen LogP contribution >= 0.6 is 0 Å². The van der Waals surface area contributed by atoms with E-state index in [1.54, 1.807) is 12.3 Å². The molecular weight excluding hydrogens is 400 g/mol. The summed E-state index contributed by atoms with van der Waals surface area (Å²) in [4.78, 5) is 19.0. The fraction of sp³-hybridized carbons (Fsp3) is 0.385. The third-order valence-corrected chi connectivity index (χ3v) is 5.31. The second-order valence-corrected chi connectivity index (χ2v) is 7.57. The summed E-state index contributed by atoms with van der Waals surface area (Å²) in [5.74, 6) is 0.275. The Morgan fingerprint density at radius 1 is 1.28 bits per heavy atom. The van der Waals surface area contributed by atoms with Crippen LogP contribution in [0.2, 0.25) is 0 Å². The van der Waals surface area contributed by atoms with Gasteiger partial charge >= 0.3 is 0 Å². The van der Waals surface area contributed by atoms with Crippen LogP contribution in [0.4, 0.5) is 5.82 Å². The summed E-state index contributed by atoms with van der Waals surface area (Å²) in [5, 5.41) is 11.5. The van der Waals surface area contributed by atoms with Crippen molar-refractivity contribution in [1.29, 1.82) is 0 Å². The minimum absolute atomic E-state index is 0.142.